The Labute approximate surface area is 124 Å². The van der Waals surface area contributed by atoms with Crippen LogP contribution in [0.3, 0.4) is 0 Å². The molecule has 2 aliphatic rings. The van der Waals surface area contributed by atoms with Gasteiger partial charge in [0.05, 0.1) is 5.02 Å². The van der Waals surface area contributed by atoms with E-state index in [0.29, 0.717) is 17.4 Å². The maximum atomic E-state index is 12.4. The summed E-state index contributed by atoms with van der Waals surface area (Å²) in [5.41, 5.74) is 0. The fourth-order valence-electron chi connectivity index (χ4n) is 2.80. The van der Waals surface area contributed by atoms with Crippen LogP contribution >= 0.6 is 11.6 Å². The summed E-state index contributed by atoms with van der Waals surface area (Å²) in [7, 11) is 0. The van der Waals surface area contributed by atoms with E-state index in [9.17, 15) is 4.79 Å². The van der Waals surface area contributed by atoms with Crippen molar-refractivity contribution in [2.24, 2.45) is 0 Å². The van der Waals surface area contributed by atoms with Crippen molar-refractivity contribution in [3.05, 3.63) is 23.4 Å². The van der Waals surface area contributed by atoms with Crippen molar-refractivity contribution in [2.45, 2.75) is 12.8 Å². The van der Waals surface area contributed by atoms with Crippen molar-refractivity contribution in [1.82, 2.24) is 14.8 Å². The van der Waals surface area contributed by atoms with Gasteiger partial charge in [-0.15, -0.1) is 0 Å². The molecule has 0 bridgehead atoms. The predicted octanol–water partition coefficient (Wildman–Crippen LogP) is 2.07. The fourth-order valence-corrected chi connectivity index (χ4v) is 2.91. The second kappa shape index (κ2) is 5.97. The van der Waals surface area contributed by atoms with Crippen molar-refractivity contribution in [3.8, 4) is 0 Å². The number of carbonyl (C=O) groups excluding carboxylic acids is 1. The lowest BCUT2D eigenvalue weighted by atomic mass is 10.4. The van der Waals surface area contributed by atoms with E-state index >= 15 is 0 Å². The number of pyridine rings is 1. The molecule has 0 aliphatic carbocycles. The Hall–Kier alpha value is -1.33. The standard InChI is InChI=1S/C14H19ClN4O/c15-12-3-4-13(16-11-12)19-10-9-18(14(19)20)8-7-17-5-1-2-6-17/h3-4,11H,1-2,5-10H2. The van der Waals surface area contributed by atoms with Crippen molar-refractivity contribution >= 4 is 23.4 Å². The van der Waals surface area contributed by atoms with Gasteiger partial charge in [-0.2, -0.15) is 0 Å². The number of halogens is 1. The molecular formula is C14H19ClN4O. The third kappa shape index (κ3) is 2.88. The summed E-state index contributed by atoms with van der Waals surface area (Å²) in [6.45, 7) is 5.61. The molecule has 5 nitrogen and oxygen atoms in total. The molecule has 1 aromatic rings. The average molecular weight is 295 g/mol. The number of likely N-dealkylation sites (tertiary alicyclic amines) is 1. The number of hydrogen-bond donors (Lipinski definition) is 0. The summed E-state index contributed by atoms with van der Waals surface area (Å²) in [4.78, 5) is 22.6. The zero-order chi connectivity index (χ0) is 13.9. The molecule has 2 amide bonds. The molecule has 20 heavy (non-hydrogen) atoms. The van der Waals surface area contributed by atoms with Gasteiger partial charge in [0.1, 0.15) is 5.82 Å². The summed E-state index contributed by atoms with van der Waals surface area (Å²) < 4.78 is 0. The SMILES string of the molecule is O=C1N(CCN2CCCC2)CCN1c1ccc(Cl)cn1. The molecule has 3 heterocycles. The van der Waals surface area contributed by atoms with Crippen LogP contribution < -0.4 is 4.90 Å². The Morgan fingerprint density at radius 2 is 1.90 bits per heavy atom. The minimum Gasteiger partial charge on any atom is -0.321 e. The Balaban J connectivity index is 1.57. The van der Waals surface area contributed by atoms with E-state index in [0.717, 1.165) is 19.6 Å². The lowest BCUT2D eigenvalue weighted by molar-refractivity contribution is 0.211. The lowest BCUT2D eigenvalue weighted by Gasteiger charge is -2.21. The van der Waals surface area contributed by atoms with E-state index in [2.05, 4.69) is 9.88 Å². The van der Waals surface area contributed by atoms with Crippen LogP contribution in [-0.4, -0.2) is 60.1 Å². The molecule has 1 aromatic heterocycles. The third-order valence-corrected chi connectivity index (χ3v) is 4.19. The molecule has 6 heteroatoms. The average Bonchev–Trinajstić information content (AvgIpc) is 3.08. The number of aromatic nitrogens is 1. The largest absolute Gasteiger partial charge is 0.325 e. The first-order chi connectivity index (χ1) is 9.74. The molecule has 0 atom stereocenters. The summed E-state index contributed by atoms with van der Waals surface area (Å²) in [6.07, 6.45) is 4.15. The number of amides is 2. The highest BCUT2D eigenvalue weighted by Gasteiger charge is 2.30. The number of hydrogen-bond acceptors (Lipinski definition) is 3. The third-order valence-electron chi connectivity index (χ3n) is 3.97. The van der Waals surface area contributed by atoms with Crippen LogP contribution in [0.4, 0.5) is 10.6 Å². The number of rotatable bonds is 4. The van der Waals surface area contributed by atoms with Gasteiger partial charge < -0.3 is 9.80 Å². The highest BCUT2D eigenvalue weighted by molar-refractivity contribution is 6.30. The zero-order valence-electron chi connectivity index (χ0n) is 11.5. The number of urea groups is 1. The van der Waals surface area contributed by atoms with Crippen LogP contribution in [0.2, 0.25) is 5.02 Å². The maximum Gasteiger partial charge on any atom is 0.325 e. The van der Waals surface area contributed by atoms with E-state index in [1.165, 1.54) is 25.9 Å². The van der Waals surface area contributed by atoms with Crippen molar-refractivity contribution in [2.75, 3.05) is 44.2 Å². The normalized spacial score (nSPS) is 20.1. The maximum absolute atomic E-state index is 12.4. The van der Waals surface area contributed by atoms with Gasteiger partial charge >= 0.3 is 6.03 Å². The van der Waals surface area contributed by atoms with Gasteiger partial charge in [-0.05, 0) is 38.1 Å². The van der Waals surface area contributed by atoms with E-state index in [1.807, 2.05) is 4.90 Å². The Morgan fingerprint density at radius 3 is 2.60 bits per heavy atom. The number of carbonyl (C=O) groups is 1. The topological polar surface area (TPSA) is 39.7 Å². The van der Waals surface area contributed by atoms with E-state index in [4.69, 9.17) is 11.6 Å². The first-order valence-corrected chi connectivity index (χ1v) is 7.52. The minimum absolute atomic E-state index is 0.0546. The monoisotopic (exact) mass is 294 g/mol. The Bertz CT molecular complexity index is 473. The van der Waals surface area contributed by atoms with E-state index in [1.54, 1.807) is 23.2 Å². The van der Waals surface area contributed by atoms with Crippen LogP contribution in [0.5, 0.6) is 0 Å². The number of nitrogens with zero attached hydrogens (tertiary/aromatic N) is 4. The molecule has 2 fully saturated rings. The van der Waals surface area contributed by atoms with Gasteiger partial charge in [-0.1, -0.05) is 11.6 Å². The summed E-state index contributed by atoms with van der Waals surface area (Å²) in [5, 5.41) is 0.589. The summed E-state index contributed by atoms with van der Waals surface area (Å²) in [5.74, 6) is 0.683. The molecule has 2 saturated heterocycles. The van der Waals surface area contributed by atoms with Crippen LogP contribution in [0.25, 0.3) is 0 Å². The highest BCUT2D eigenvalue weighted by Crippen LogP contribution is 2.19. The van der Waals surface area contributed by atoms with Crippen molar-refractivity contribution in [3.63, 3.8) is 0 Å². The van der Waals surface area contributed by atoms with Gasteiger partial charge in [0, 0.05) is 32.4 Å². The molecule has 0 unspecified atom stereocenters. The van der Waals surface area contributed by atoms with Crippen molar-refractivity contribution in [1.29, 1.82) is 0 Å². The van der Waals surface area contributed by atoms with Crippen molar-refractivity contribution < 1.29 is 4.79 Å². The fraction of sp³-hybridized carbons (Fsp3) is 0.571. The van der Waals surface area contributed by atoms with E-state index < -0.39 is 0 Å². The molecular weight excluding hydrogens is 276 g/mol. The molecule has 0 radical (unpaired) electrons. The zero-order valence-corrected chi connectivity index (χ0v) is 12.2. The molecule has 0 saturated carbocycles. The molecule has 0 N–H and O–H groups in total. The van der Waals surface area contributed by atoms with Gasteiger partial charge in [-0.25, -0.2) is 9.78 Å². The predicted molar refractivity (Wildman–Crippen MR) is 79.2 cm³/mol. The summed E-state index contributed by atoms with van der Waals surface area (Å²) in [6, 6.07) is 3.62. The van der Waals surface area contributed by atoms with Crippen LogP contribution in [0, 0.1) is 0 Å². The van der Waals surface area contributed by atoms with Gasteiger partial charge in [-0.3, -0.25) is 4.90 Å². The molecule has 2 aliphatic heterocycles. The molecule has 0 aromatic carbocycles. The smallest absolute Gasteiger partial charge is 0.321 e. The minimum atomic E-state index is 0.0546. The van der Waals surface area contributed by atoms with Gasteiger partial charge in [0.2, 0.25) is 0 Å². The lowest BCUT2D eigenvalue weighted by Crippen LogP contribution is -2.37. The second-order valence-electron chi connectivity index (χ2n) is 5.30. The molecule has 108 valence electrons. The molecule has 3 rings (SSSR count). The van der Waals surface area contributed by atoms with Crippen LogP contribution in [-0.2, 0) is 0 Å². The quantitative estimate of drug-likeness (QED) is 0.853. The highest BCUT2D eigenvalue weighted by atomic mass is 35.5. The van der Waals surface area contributed by atoms with Crippen LogP contribution in [0.15, 0.2) is 18.3 Å². The Morgan fingerprint density at radius 1 is 1.10 bits per heavy atom. The van der Waals surface area contributed by atoms with E-state index in [-0.39, 0.29) is 6.03 Å². The second-order valence-corrected chi connectivity index (χ2v) is 5.74. The summed E-state index contributed by atoms with van der Waals surface area (Å²) >= 11 is 5.82. The molecule has 0 spiro atoms. The Kier molecular flexibility index (Phi) is 4.08. The van der Waals surface area contributed by atoms with Crippen LogP contribution in [0.1, 0.15) is 12.8 Å². The van der Waals surface area contributed by atoms with Gasteiger partial charge in [0.25, 0.3) is 0 Å². The van der Waals surface area contributed by atoms with Gasteiger partial charge in [0.15, 0.2) is 0 Å². The first kappa shape index (κ1) is 13.6. The first-order valence-electron chi connectivity index (χ1n) is 7.14. The number of anilines is 1.